The fourth-order valence-corrected chi connectivity index (χ4v) is 3.24. The van der Waals surface area contributed by atoms with Gasteiger partial charge >= 0.3 is 0 Å². The van der Waals surface area contributed by atoms with Crippen molar-refractivity contribution in [2.24, 2.45) is 0 Å². The van der Waals surface area contributed by atoms with Gasteiger partial charge in [-0.3, -0.25) is 4.79 Å². The molecule has 0 saturated carbocycles. The molecule has 1 aromatic heterocycles. The molecule has 0 spiro atoms. The summed E-state index contributed by atoms with van der Waals surface area (Å²) in [5.74, 6) is 1.66. The summed E-state index contributed by atoms with van der Waals surface area (Å²) < 4.78 is 16.0. The number of ether oxygens (including phenoxy) is 3. The van der Waals surface area contributed by atoms with Crippen LogP contribution in [0.4, 0.5) is 5.82 Å². The Bertz CT molecular complexity index is 1020. The minimum absolute atomic E-state index is 0.115. The number of benzene rings is 2. The molecule has 0 bridgehead atoms. The lowest BCUT2D eigenvalue weighted by Crippen LogP contribution is -2.16. The van der Waals surface area contributed by atoms with Gasteiger partial charge in [-0.2, -0.15) is 0 Å². The number of nitrogens with one attached hydrogen (secondary N) is 1. The van der Waals surface area contributed by atoms with Gasteiger partial charge in [0, 0.05) is 17.5 Å². The minimum Gasteiger partial charge on any atom is -0.493 e. The second-order valence-corrected chi connectivity index (χ2v) is 6.90. The molecule has 3 aromatic rings. The van der Waals surface area contributed by atoms with Crippen LogP contribution < -0.4 is 19.5 Å². The highest BCUT2D eigenvalue weighted by molar-refractivity contribution is 6.30. The molecular weight excluding hydrogens is 406 g/mol. The molecule has 1 heterocycles. The van der Waals surface area contributed by atoms with Gasteiger partial charge in [0.05, 0.1) is 33.4 Å². The molecule has 8 heteroatoms. The molecule has 0 unspecified atom stereocenters. The number of carbonyl (C=O) groups excluding carboxylic acids is 1. The maximum absolute atomic E-state index is 12.5. The summed E-state index contributed by atoms with van der Waals surface area (Å²) in [6, 6.07) is 12.8. The molecule has 156 valence electrons. The van der Waals surface area contributed by atoms with Gasteiger partial charge in [-0.05, 0) is 35.4 Å². The Hall–Kier alpha value is -3.32. The third kappa shape index (κ3) is 5.39. The topological polar surface area (TPSA) is 82.6 Å². The van der Waals surface area contributed by atoms with Crippen molar-refractivity contribution in [3.63, 3.8) is 0 Å². The predicted octanol–water partition coefficient (Wildman–Crippen LogP) is 3.93. The van der Waals surface area contributed by atoms with Crippen molar-refractivity contribution < 1.29 is 19.0 Å². The largest absolute Gasteiger partial charge is 0.493 e. The number of nitrogens with zero attached hydrogens (tertiary/aromatic N) is 2. The molecule has 0 radical (unpaired) electrons. The zero-order valence-electron chi connectivity index (χ0n) is 16.9. The van der Waals surface area contributed by atoms with Crippen molar-refractivity contribution in [1.82, 2.24) is 9.97 Å². The van der Waals surface area contributed by atoms with Crippen LogP contribution in [0.25, 0.3) is 0 Å². The molecular formula is C22H22ClN3O4. The van der Waals surface area contributed by atoms with Crippen LogP contribution in [0.2, 0.25) is 5.02 Å². The number of halogens is 1. The van der Waals surface area contributed by atoms with Crippen LogP contribution in [0.5, 0.6) is 17.2 Å². The van der Waals surface area contributed by atoms with E-state index in [1.54, 1.807) is 18.2 Å². The van der Waals surface area contributed by atoms with E-state index < -0.39 is 0 Å². The Kier molecular flexibility index (Phi) is 7.08. The van der Waals surface area contributed by atoms with Crippen LogP contribution in [0.3, 0.4) is 0 Å². The van der Waals surface area contributed by atoms with E-state index in [0.717, 1.165) is 16.8 Å². The smallest absolute Gasteiger partial charge is 0.229 e. The van der Waals surface area contributed by atoms with Gasteiger partial charge in [-0.15, -0.1) is 0 Å². The van der Waals surface area contributed by atoms with Crippen LogP contribution in [0.15, 0.2) is 48.8 Å². The molecule has 0 aliphatic heterocycles. The number of hydrogen-bond acceptors (Lipinski definition) is 6. The van der Waals surface area contributed by atoms with Crippen LogP contribution >= 0.6 is 11.6 Å². The number of hydrogen-bond donors (Lipinski definition) is 1. The Morgan fingerprint density at radius 3 is 2.33 bits per heavy atom. The average Bonchev–Trinajstić information content (AvgIpc) is 2.73. The van der Waals surface area contributed by atoms with Crippen molar-refractivity contribution in [3.8, 4) is 17.2 Å². The maximum atomic E-state index is 12.5. The molecule has 7 nitrogen and oxygen atoms in total. The Balaban J connectivity index is 1.71. The van der Waals surface area contributed by atoms with Crippen molar-refractivity contribution >= 4 is 23.3 Å². The highest BCUT2D eigenvalue weighted by Gasteiger charge is 2.15. The molecule has 0 fully saturated rings. The van der Waals surface area contributed by atoms with Crippen LogP contribution in [-0.2, 0) is 17.6 Å². The van der Waals surface area contributed by atoms with Crippen LogP contribution in [0.1, 0.15) is 16.8 Å². The van der Waals surface area contributed by atoms with Gasteiger partial charge < -0.3 is 19.5 Å². The lowest BCUT2D eigenvalue weighted by molar-refractivity contribution is -0.115. The van der Waals surface area contributed by atoms with Gasteiger partial charge in [-0.25, -0.2) is 9.97 Å². The summed E-state index contributed by atoms with van der Waals surface area (Å²) >= 11 is 6.03. The third-order valence-electron chi connectivity index (χ3n) is 4.35. The van der Waals surface area contributed by atoms with E-state index in [9.17, 15) is 4.79 Å². The van der Waals surface area contributed by atoms with Crippen molar-refractivity contribution in [1.29, 1.82) is 0 Å². The SMILES string of the molecule is COc1cc(CC(=O)Nc2cc(Cc3cccc(Cl)c3)ncn2)cc(OC)c1OC. The second kappa shape index (κ2) is 9.93. The summed E-state index contributed by atoms with van der Waals surface area (Å²) in [6.45, 7) is 0. The van der Waals surface area contributed by atoms with Gasteiger partial charge in [-0.1, -0.05) is 23.7 Å². The standard InChI is InChI=1S/C22H22ClN3O4/c1-28-18-9-15(10-19(29-2)22(18)30-3)11-21(27)26-20-12-17(24-13-25-20)8-14-5-4-6-16(23)7-14/h4-7,9-10,12-13H,8,11H2,1-3H3,(H,24,25,26,27). The summed E-state index contributed by atoms with van der Waals surface area (Å²) in [6.07, 6.45) is 2.12. The first-order valence-corrected chi connectivity index (χ1v) is 9.54. The minimum atomic E-state index is -0.225. The first kappa shape index (κ1) is 21.4. The van der Waals surface area contributed by atoms with Gasteiger partial charge in [0.1, 0.15) is 12.1 Å². The lowest BCUT2D eigenvalue weighted by Gasteiger charge is -2.14. The molecule has 0 aliphatic carbocycles. The molecule has 0 saturated heterocycles. The fourth-order valence-electron chi connectivity index (χ4n) is 3.03. The van der Waals surface area contributed by atoms with Gasteiger partial charge in [0.15, 0.2) is 11.5 Å². The van der Waals surface area contributed by atoms with Crippen molar-refractivity contribution in [2.75, 3.05) is 26.6 Å². The molecule has 2 aromatic carbocycles. The number of carbonyl (C=O) groups is 1. The second-order valence-electron chi connectivity index (χ2n) is 6.46. The Morgan fingerprint density at radius 1 is 0.967 bits per heavy atom. The quantitative estimate of drug-likeness (QED) is 0.586. The first-order valence-electron chi connectivity index (χ1n) is 9.16. The zero-order chi connectivity index (χ0) is 21.5. The highest BCUT2D eigenvalue weighted by Crippen LogP contribution is 2.38. The summed E-state index contributed by atoms with van der Waals surface area (Å²) in [7, 11) is 4.59. The van der Waals surface area contributed by atoms with E-state index in [4.69, 9.17) is 25.8 Å². The van der Waals surface area contributed by atoms with E-state index >= 15 is 0 Å². The number of methoxy groups -OCH3 is 3. The first-order chi connectivity index (χ1) is 14.5. The number of aromatic nitrogens is 2. The normalized spacial score (nSPS) is 10.4. The molecule has 1 amide bonds. The summed E-state index contributed by atoms with van der Waals surface area (Å²) in [5.41, 5.74) is 2.52. The van der Waals surface area contributed by atoms with Crippen molar-refractivity contribution in [3.05, 3.63) is 70.6 Å². The fraction of sp³-hybridized carbons (Fsp3) is 0.227. The molecule has 3 rings (SSSR count). The summed E-state index contributed by atoms with van der Waals surface area (Å²) in [5, 5.41) is 3.47. The Morgan fingerprint density at radius 2 is 1.70 bits per heavy atom. The Labute approximate surface area is 180 Å². The molecule has 30 heavy (non-hydrogen) atoms. The van der Waals surface area contributed by atoms with E-state index in [0.29, 0.717) is 34.5 Å². The molecule has 1 N–H and O–H groups in total. The molecule has 0 atom stereocenters. The monoisotopic (exact) mass is 427 g/mol. The summed E-state index contributed by atoms with van der Waals surface area (Å²) in [4.78, 5) is 21.0. The predicted molar refractivity (Wildman–Crippen MR) is 115 cm³/mol. The van der Waals surface area contributed by atoms with Gasteiger partial charge in [0.25, 0.3) is 0 Å². The number of anilines is 1. The van der Waals surface area contributed by atoms with Crippen LogP contribution in [-0.4, -0.2) is 37.2 Å². The number of amides is 1. The van der Waals surface area contributed by atoms with Crippen LogP contribution in [0, 0.1) is 0 Å². The highest BCUT2D eigenvalue weighted by atomic mass is 35.5. The lowest BCUT2D eigenvalue weighted by atomic mass is 10.1. The maximum Gasteiger partial charge on any atom is 0.229 e. The van der Waals surface area contributed by atoms with Gasteiger partial charge in [0.2, 0.25) is 11.7 Å². The van der Waals surface area contributed by atoms with E-state index in [-0.39, 0.29) is 12.3 Å². The van der Waals surface area contributed by atoms with E-state index in [1.165, 1.54) is 27.7 Å². The number of rotatable bonds is 8. The van der Waals surface area contributed by atoms with E-state index in [2.05, 4.69) is 15.3 Å². The van der Waals surface area contributed by atoms with E-state index in [1.807, 2.05) is 24.3 Å². The molecule has 0 aliphatic rings. The third-order valence-corrected chi connectivity index (χ3v) is 4.59. The van der Waals surface area contributed by atoms with Crippen molar-refractivity contribution in [2.45, 2.75) is 12.8 Å². The zero-order valence-corrected chi connectivity index (χ0v) is 17.7. The average molecular weight is 428 g/mol.